The van der Waals surface area contributed by atoms with Gasteiger partial charge in [0, 0.05) is 11.1 Å². The van der Waals surface area contributed by atoms with Crippen molar-refractivity contribution in [3.63, 3.8) is 0 Å². The molecule has 2 rings (SSSR count). The zero-order chi connectivity index (χ0) is 13.0. The molecule has 2 aromatic carbocycles. The first-order valence-electron chi connectivity index (χ1n) is 5.23. The number of Topliss-reactive ketones (excluding diaryl/α,β-unsaturated/α-hetero) is 1. The predicted octanol–water partition coefficient (Wildman–Crippen LogP) is 3.20. The molecular weight excluding hydrogens is 234 g/mol. The van der Waals surface area contributed by atoms with Gasteiger partial charge in [0.2, 0.25) is 5.78 Å². The second-order valence-electron chi connectivity index (χ2n) is 3.57. The Morgan fingerprint density at radius 3 is 2.33 bits per heavy atom. The molecule has 88 valence electrons. The van der Waals surface area contributed by atoms with E-state index < -0.39 is 11.6 Å². The Hall–Kier alpha value is -2.47. The third-order valence-corrected chi connectivity index (χ3v) is 2.28. The highest BCUT2D eigenvalue weighted by Gasteiger charge is 2.02. The topological polar surface area (TPSA) is 17.1 Å². The third-order valence-electron chi connectivity index (χ3n) is 2.28. The van der Waals surface area contributed by atoms with Gasteiger partial charge < -0.3 is 0 Å². The molecule has 1 nitrogen and oxygen atoms in total. The molecule has 0 radical (unpaired) electrons. The minimum absolute atomic E-state index is 0.262. The fourth-order valence-electron chi connectivity index (χ4n) is 1.36. The summed E-state index contributed by atoms with van der Waals surface area (Å²) in [6, 6.07) is 11.8. The smallest absolute Gasteiger partial charge is 0.236 e. The third kappa shape index (κ3) is 2.80. The van der Waals surface area contributed by atoms with Crippen LogP contribution in [0.4, 0.5) is 8.78 Å². The number of benzene rings is 2. The van der Waals surface area contributed by atoms with Gasteiger partial charge in [-0.25, -0.2) is 8.78 Å². The van der Waals surface area contributed by atoms with Crippen LogP contribution in [0, 0.1) is 23.5 Å². The molecule has 0 atom stereocenters. The average molecular weight is 242 g/mol. The van der Waals surface area contributed by atoms with Crippen LogP contribution in [0.5, 0.6) is 0 Å². The molecule has 3 heteroatoms. The number of rotatable bonds is 1. The van der Waals surface area contributed by atoms with Gasteiger partial charge in [-0.3, -0.25) is 4.79 Å². The number of carbonyl (C=O) groups is 1. The lowest BCUT2D eigenvalue weighted by molar-refractivity contribution is 0.105. The lowest BCUT2D eigenvalue weighted by atomic mass is 10.1. The van der Waals surface area contributed by atoms with Crippen molar-refractivity contribution in [2.24, 2.45) is 0 Å². The molecule has 0 aliphatic carbocycles. The molecule has 0 fully saturated rings. The summed E-state index contributed by atoms with van der Waals surface area (Å²) in [7, 11) is 0. The summed E-state index contributed by atoms with van der Waals surface area (Å²) in [6.07, 6.45) is 0. The van der Waals surface area contributed by atoms with Crippen molar-refractivity contribution in [1.82, 2.24) is 0 Å². The number of hydrogen-bond acceptors (Lipinski definition) is 1. The lowest BCUT2D eigenvalue weighted by Crippen LogP contribution is -1.94. The Morgan fingerprint density at radius 2 is 1.67 bits per heavy atom. The van der Waals surface area contributed by atoms with Gasteiger partial charge in [0.15, 0.2) is 11.6 Å². The summed E-state index contributed by atoms with van der Waals surface area (Å²) in [5, 5.41) is 0. The van der Waals surface area contributed by atoms with Crippen molar-refractivity contribution in [1.29, 1.82) is 0 Å². The largest absolute Gasteiger partial charge is 0.279 e. The normalized spacial score (nSPS) is 9.44. The van der Waals surface area contributed by atoms with Crippen LogP contribution in [-0.4, -0.2) is 5.78 Å². The van der Waals surface area contributed by atoms with Crippen molar-refractivity contribution in [2.75, 3.05) is 0 Å². The molecule has 0 bridgehead atoms. The molecule has 0 saturated carbocycles. The Kier molecular flexibility index (Phi) is 3.49. The van der Waals surface area contributed by atoms with Gasteiger partial charge in [0.1, 0.15) is 0 Å². The van der Waals surface area contributed by atoms with E-state index in [2.05, 4.69) is 11.8 Å². The molecule has 0 aliphatic heterocycles. The first-order valence-corrected chi connectivity index (χ1v) is 5.23. The van der Waals surface area contributed by atoms with E-state index in [-0.39, 0.29) is 11.3 Å². The van der Waals surface area contributed by atoms with E-state index in [9.17, 15) is 13.6 Å². The second-order valence-corrected chi connectivity index (χ2v) is 3.57. The second kappa shape index (κ2) is 5.24. The molecule has 0 N–H and O–H groups in total. The van der Waals surface area contributed by atoms with Crippen LogP contribution in [-0.2, 0) is 0 Å². The molecule has 0 saturated heterocycles. The van der Waals surface area contributed by atoms with E-state index in [0.29, 0.717) is 5.56 Å². The Labute approximate surface area is 103 Å². The van der Waals surface area contributed by atoms with Crippen LogP contribution < -0.4 is 0 Å². The van der Waals surface area contributed by atoms with Crippen molar-refractivity contribution in [3.8, 4) is 11.8 Å². The number of halogens is 2. The quantitative estimate of drug-likeness (QED) is 0.554. The maximum Gasteiger partial charge on any atom is 0.236 e. The monoisotopic (exact) mass is 242 g/mol. The van der Waals surface area contributed by atoms with Gasteiger partial charge in [-0.05, 0) is 24.1 Å². The first-order chi connectivity index (χ1) is 8.66. The highest BCUT2D eigenvalue weighted by Crippen LogP contribution is 2.07. The minimum atomic E-state index is -0.978. The molecule has 0 amide bonds. The predicted molar refractivity (Wildman–Crippen MR) is 64.0 cm³/mol. The van der Waals surface area contributed by atoms with Gasteiger partial charge >= 0.3 is 0 Å². The Morgan fingerprint density at radius 1 is 0.944 bits per heavy atom. The van der Waals surface area contributed by atoms with Gasteiger partial charge in [-0.2, -0.15) is 0 Å². The van der Waals surface area contributed by atoms with Crippen molar-refractivity contribution >= 4 is 5.78 Å². The Balaban J connectivity index is 2.22. The summed E-state index contributed by atoms with van der Waals surface area (Å²) < 4.78 is 25.6. The van der Waals surface area contributed by atoms with E-state index in [1.165, 1.54) is 6.07 Å². The van der Waals surface area contributed by atoms with Crippen molar-refractivity contribution in [2.45, 2.75) is 0 Å². The molecule has 0 aromatic heterocycles. The zero-order valence-electron chi connectivity index (χ0n) is 9.28. The number of carbonyl (C=O) groups excluding carboxylic acids is 1. The fraction of sp³-hybridized carbons (Fsp3) is 0. The summed E-state index contributed by atoms with van der Waals surface area (Å²) in [4.78, 5) is 11.6. The first kappa shape index (κ1) is 12.0. The molecule has 0 aliphatic rings. The molecular formula is C15H8F2O. The van der Waals surface area contributed by atoms with Gasteiger partial charge in [-0.15, -0.1) is 0 Å². The highest BCUT2D eigenvalue weighted by molar-refractivity contribution is 6.09. The van der Waals surface area contributed by atoms with Crippen LogP contribution in [0.15, 0.2) is 48.5 Å². The zero-order valence-corrected chi connectivity index (χ0v) is 9.28. The molecule has 0 unspecified atom stereocenters. The standard InChI is InChI=1S/C15H8F2O/c16-13-8-6-11(10-14(13)17)7-9-15(18)12-4-2-1-3-5-12/h1-6,8,10H. The van der Waals surface area contributed by atoms with Crippen molar-refractivity contribution < 1.29 is 13.6 Å². The molecule has 0 heterocycles. The molecule has 0 spiro atoms. The van der Waals surface area contributed by atoms with Crippen LogP contribution in [0.2, 0.25) is 0 Å². The maximum absolute atomic E-state index is 12.9. The van der Waals surface area contributed by atoms with E-state index in [1.807, 2.05) is 0 Å². The summed E-state index contributed by atoms with van der Waals surface area (Å²) in [6.45, 7) is 0. The number of hydrogen-bond donors (Lipinski definition) is 0. The van der Waals surface area contributed by atoms with E-state index in [0.717, 1.165) is 12.1 Å². The highest BCUT2D eigenvalue weighted by atomic mass is 19.2. The van der Waals surface area contributed by atoms with Crippen LogP contribution >= 0.6 is 0 Å². The van der Waals surface area contributed by atoms with E-state index >= 15 is 0 Å². The van der Waals surface area contributed by atoms with Crippen LogP contribution in [0.3, 0.4) is 0 Å². The van der Waals surface area contributed by atoms with Crippen molar-refractivity contribution in [3.05, 3.63) is 71.3 Å². The van der Waals surface area contributed by atoms with E-state index in [4.69, 9.17) is 0 Å². The number of ketones is 1. The molecule has 2 aromatic rings. The van der Waals surface area contributed by atoms with Gasteiger partial charge in [-0.1, -0.05) is 36.3 Å². The van der Waals surface area contributed by atoms with Gasteiger partial charge in [0.05, 0.1) is 0 Å². The minimum Gasteiger partial charge on any atom is -0.279 e. The van der Waals surface area contributed by atoms with Crippen LogP contribution in [0.1, 0.15) is 15.9 Å². The maximum atomic E-state index is 12.9. The molecule has 18 heavy (non-hydrogen) atoms. The van der Waals surface area contributed by atoms with Crippen LogP contribution in [0.25, 0.3) is 0 Å². The van der Waals surface area contributed by atoms with Gasteiger partial charge in [0.25, 0.3) is 0 Å². The average Bonchev–Trinajstić information content (AvgIpc) is 2.41. The summed E-state index contributed by atoms with van der Waals surface area (Å²) in [5.41, 5.74) is 0.728. The SMILES string of the molecule is O=C(C#Cc1ccc(F)c(F)c1)c1ccccc1. The summed E-state index contributed by atoms with van der Waals surface area (Å²) >= 11 is 0. The summed E-state index contributed by atoms with van der Waals surface area (Å²) in [5.74, 6) is 2.61. The fourth-order valence-corrected chi connectivity index (χ4v) is 1.36. The Bertz CT molecular complexity index is 637. The van der Waals surface area contributed by atoms with E-state index in [1.54, 1.807) is 30.3 Å². The lowest BCUT2D eigenvalue weighted by Gasteiger charge is -1.93.